The molecule has 1 saturated heterocycles. The number of benzene rings is 1. The van der Waals surface area contributed by atoms with Crippen molar-refractivity contribution in [3.05, 3.63) is 47.0 Å². The lowest BCUT2D eigenvalue weighted by atomic mass is 10.0. The number of hydrogen-bond donors (Lipinski definition) is 0. The van der Waals surface area contributed by atoms with Gasteiger partial charge in [0.15, 0.2) is 0 Å². The van der Waals surface area contributed by atoms with Crippen molar-refractivity contribution in [2.24, 2.45) is 0 Å². The molecule has 2 aliphatic rings. The second-order valence-corrected chi connectivity index (χ2v) is 6.85. The number of nitrogens with zero attached hydrogens (tertiary/aromatic N) is 3. The highest BCUT2D eigenvalue weighted by Crippen LogP contribution is 2.30. The van der Waals surface area contributed by atoms with Crippen LogP contribution in [0, 0.1) is 0 Å². The van der Waals surface area contributed by atoms with Gasteiger partial charge in [-0.2, -0.15) is 0 Å². The molecule has 0 saturated carbocycles. The highest BCUT2D eigenvalue weighted by atomic mass is 32.2. The zero-order valence-corrected chi connectivity index (χ0v) is 14.5. The summed E-state index contributed by atoms with van der Waals surface area (Å²) in [6.45, 7) is 4.55. The lowest BCUT2D eigenvalue weighted by Gasteiger charge is -2.36. The molecular formula is C18H25N3S. The maximum Gasteiger partial charge on any atom is 0.0688 e. The fraction of sp³-hybridized carbons (Fsp3) is 0.444. The quantitative estimate of drug-likeness (QED) is 0.848. The Morgan fingerprint density at radius 1 is 1.14 bits per heavy atom. The standard InChI is InChI=1S/C18H25N3S/c1-19-10-12-21(13-11-19)18(22-3)14-16-9-8-15-6-4-5-7-17(15)20(16)2/h4-9,14,16H,10-13H2,1-3H3/b18-14-. The smallest absolute Gasteiger partial charge is 0.0688 e. The lowest BCUT2D eigenvalue weighted by Crippen LogP contribution is -2.43. The van der Waals surface area contributed by atoms with E-state index in [-0.39, 0.29) is 0 Å². The Morgan fingerprint density at radius 3 is 2.59 bits per heavy atom. The molecule has 1 unspecified atom stereocenters. The lowest BCUT2D eigenvalue weighted by molar-refractivity contribution is 0.194. The van der Waals surface area contributed by atoms with Crippen molar-refractivity contribution in [2.75, 3.05) is 51.4 Å². The van der Waals surface area contributed by atoms with E-state index in [1.807, 2.05) is 11.8 Å². The molecule has 1 aromatic rings. The Morgan fingerprint density at radius 2 is 1.86 bits per heavy atom. The number of thioether (sulfide) groups is 1. The van der Waals surface area contributed by atoms with Gasteiger partial charge in [0.25, 0.3) is 0 Å². The van der Waals surface area contributed by atoms with Crippen LogP contribution in [0.5, 0.6) is 0 Å². The first-order chi connectivity index (χ1) is 10.7. The Hall–Kier alpha value is -1.39. The van der Waals surface area contributed by atoms with Crippen molar-refractivity contribution in [1.29, 1.82) is 0 Å². The normalized spacial score (nSPS) is 22.9. The fourth-order valence-corrected chi connectivity index (χ4v) is 3.80. The predicted octanol–water partition coefficient (Wildman–Crippen LogP) is 2.97. The average Bonchev–Trinajstić information content (AvgIpc) is 2.56. The van der Waals surface area contributed by atoms with Gasteiger partial charge >= 0.3 is 0 Å². The number of anilines is 1. The van der Waals surface area contributed by atoms with Crippen LogP contribution in [0.1, 0.15) is 5.56 Å². The highest BCUT2D eigenvalue weighted by molar-refractivity contribution is 8.02. The van der Waals surface area contributed by atoms with Crippen LogP contribution in [-0.4, -0.2) is 62.4 Å². The Labute approximate surface area is 138 Å². The summed E-state index contributed by atoms with van der Waals surface area (Å²) in [6, 6.07) is 8.93. The first-order valence-corrected chi connectivity index (χ1v) is 9.11. The summed E-state index contributed by atoms with van der Waals surface area (Å²) in [5.41, 5.74) is 2.62. The molecule has 0 radical (unpaired) electrons. The number of fused-ring (bicyclic) bond motifs is 1. The molecule has 0 N–H and O–H groups in total. The van der Waals surface area contributed by atoms with E-state index in [1.54, 1.807) is 0 Å². The van der Waals surface area contributed by atoms with Crippen LogP contribution in [0.4, 0.5) is 5.69 Å². The van der Waals surface area contributed by atoms with Crippen molar-refractivity contribution < 1.29 is 0 Å². The summed E-state index contributed by atoms with van der Waals surface area (Å²) >= 11 is 1.86. The Bertz CT molecular complexity index is 573. The van der Waals surface area contributed by atoms with Gasteiger partial charge in [0, 0.05) is 38.9 Å². The van der Waals surface area contributed by atoms with Crippen molar-refractivity contribution >= 4 is 23.5 Å². The van der Waals surface area contributed by atoms with Crippen LogP contribution in [-0.2, 0) is 0 Å². The number of rotatable bonds is 3. The molecule has 1 aromatic carbocycles. The van der Waals surface area contributed by atoms with Crippen LogP contribution in [0.3, 0.4) is 0 Å². The van der Waals surface area contributed by atoms with E-state index >= 15 is 0 Å². The van der Waals surface area contributed by atoms with E-state index in [1.165, 1.54) is 16.3 Å². The molecule has 2 heterocycles. The van der Waals surface area contributed by atoms with Crippen molar-refractivity contribution in [2.45, 2.75) is 6.04 Å². The second kappa shape index (κ2) is 6.80. The number of likely N-dealkylation sites (N-methyl/N-ethyl adjacent to an activating group) is 2. The first kappa shape index (κ1) is 15.5. The maximum absolute atomic E-state index is 2.52. The van der Waals surface area contributed by atoms with Crippen molar-refractivity contribution in [1.82, 2.24) is 9.80 Å². The molecule has 0 aromatic heterocycles. The third kappa shape index (κ3) is 3.18. The fourth-order valence-electron chi connectivity index (χ4n) is 3.08. The zero-order chi connectivity index (χ0) is 15.5. The molecule has 0 spiro atoms. The van der Waals surface area contributed by atoms with Gasteiger partial charge in [0.2, 0.25) is 0 Å². The van der Waals surface area contributed by atoms with Gasteiger partial charge in [-0.25, -0.2) is 0 Å². The molecule has 2 aliphatic heterocycles. The van der Waals surface area contributed by atoms with Gasteiger partial charge in [-0.15, -0.1) is 11.8 Å². The molecule has 3 rings (SSSR count). The summed E-state index contributed by atoms with van der Waals surface area (Å²) < 4.78 is 0. The molecular weight excluding hydrogens is 290 g/mol. The summed E-state index contributed by atoms with van der Waals surface area (Å²) in [5.74, 6) is 0. The monoisotopic (exact) mass is 315 g/mol. The van der Waals surface area contributed by atoms with E-state index in [2.05, 4.69) is 77.5 Å². The van der Waals surface area contributed by atoms with E-state index in [0.717, 1.165) is 26.2 Å². The minimum Gasteiger partial charge on any atom is -0.364 e. The third-order valence-corrected chi connectivity index (χ3v) is 5.39. The topological polar surface area (TPSA) is 9.72 Å². The third-order valence-electron chi connectivity index (χ3n) is 4.57. The minimum absolute atomic E-state index is 0.331. The molecule has 1 atom stereocenters. The van der Waals surface area contributed by atoms with Crippen LogP contribution in [0.15, 0.2) is 41.4 Å². The average molecular weight is 315 g/mol. The van der Waals surface area contributed by atoms with Gasteiger partial charge < -0.3 is 14.7 Å². The summed E-state index contributed by atoms with van der Waals surface area (Å²) in [6.07, 6.45) is 9.14. The van der Waals surface area contributed by atoms with Crippen LogP contribution < -0.4 is 4.90 Å². The second-order valence-electron chi connectivity index (χ2n) is 6.02. The maximum atomic E-state index is 2.52. The van der Waals surface area contributed by atoms with Gasteiger partial charge in [-0.3, -0.25) is 0 Å². The summed E-state index contributed by atoms with van der Waals surface area (Å²) in [4.78, 5) is 7.28. The Balaban J connectivity index is 1.79. The summed E-state index contributed by atoms with van der Waals surface area (Å²) in [5, 5.41) is 1.40. The molecule has 1 fully saturated rings. The van der Waals surface area contributed by atoms with Gasteiger partial charge in [0.05, 0.1) is 11.1 Å². The largest absolute Gasteiger partial charge is 0.364 e. The molecule has 4 heteroatoms. The molecule has 22 heavy (non-hydrogen) atoms. The van der Waals surface area contributed by atoms with Crippen LogP contribution >= 0.6 is 11.8 Å². The van der Waals surface area contributed by atoms with E-state index < -0.39 is 0 Å². The highest BCUT2D eigenvalue weighted by Gasteiger charge is 2.20. The molecule has 0 bridgehead atoms. The van der Waals surface area contributed by atoms with Crippen molar-refractivity contribution in [3.8, 4) is 0 Å². The zero-order valence-electron chi connectivity index (χ0n) is 13.7. The SMILES string of the molecule is CS/C(=C\C1C=Cc2ccccc2N1C)N1CCN(C)CC1. The molecule has 3 nitrogen and oxygen atoms in total. The van der Waals surface area contributed by atoms with E-state index in [4.69, 9.17) is 0 Å². The first-order valence-electron chi connectivity index (χ1n) is 7.88. The predicted molar refractivity (Wildman–Crippen MR) is 98.3 cm³/mol. The summed E-state index contributed by atoms with van der Waals surface area (Å²) in [7, 11) is 4.39. The minimum atomic E-state index is 0.331. The van der Waals surface area contributed by atoms with Gasteiger partial charge in [0.1, 0.15) is 0 Å². The number of hydrogen-bond acceptors (Lipinski definition) is 4. The van der Waals surface area contributed by atoms with Gasteiger partial charge in [-0.1, -0.05) is 30.4 Å². The van der Waals surface area contributed by atoms with E-state index in [9.17, 15) is 0 Å². The van der Waals surface area contributed by atoms with Crippen molar-refractivity contribution in [3.63, 3.8) is 0 Å². The van der Waals surface area contributed by atoms with Gasteiger partial charge in [-0.05, 0) is 31.0 Å². The number of piperazine rings is 1. The van der Waals surface area contributed by atoms with Crippen LogP contribution in [0.25, 0.3) is 6.08 Å². The van der Waals surface area contributed by atoms with E-state index in [0.29, 0.717) is 6.04 Å². The Kier molecular flexibility index (Phi) is 4.79. The molecule has 0 amide bonds. The molecule has 0 aliphatic carbocycles. The number of para-hydroxylation sites is 1. The van der Waals surface area contributed by atoms with Crippen LogP contribution in [0.2, 0.25) is 0 Å². The molecule has 118 valence electrons.